The second-order valence-corrected chi connectivity index (χ2v) is 5.53. The van der Waals surface area contributed by atoms with Crippen LogP contribution in [-0.4, -0.2) is 7.05 Å². The van der Waals surface area contributed by atoms with Crippen molar-refractivity contribution in [3.05, 3.63) is 70.2 Å². The van der Waals surface area contributed by atoms with Gasteiger partial charge in [-0.15, -0.1) is 0 Å². The predicted molar refractivity (Wildman–Crippen MR) is 83.3 cm³/mol. The van der Waals surface area contributed by atoms with Gasteiger partial charge in [-0.3, -0.25) is 0 Å². The number of fused-ring (bicyclic) bond motifs is 1. The minimum Gasteiger partial charge on any atom is -0.456 e. The van der Waals surface area contributed by atoms with E-state index < -0.39 is 0 Å². The molecule has 0 saturated carbocycles. The molecule has 3 rings (SSSR count). The number of furan rings is 1. The van der Waals surface area contributed by atoms with Crippen molar-refractivity contribution in [1.82, 2.24) is 5.32 Å². The molecule has 2 aromatic carbocycles. The van der Waals surface area contributed by atoms with Gasteiger partial charge in [0.15, 0.2) is 11.4 Å². The molecule has 0 aliphatic rings. The summed E-state index contributed by atoms with van der Waals surface area (Å²) in [6, 6.07) is 12.4. The van der Waals surface area contributed by atoms with Crippen LogP contribution in [0.5, 0.6) is 0 Å². The van der Waals surface area contributed by atoms with Crippen LogP contribution in [0.3, 0.4) is 0 Å². The topological polar surface area (TPSA) is 25.2 Å². The van der Waals surface area contributed by atoms with Crippen molar-refractivity contribution < 1.29 is 8.81 Å². The molecule has 108 valence electrons. The van der Waals surface area contributed by atoms with E-state index in [-0.39, 0.29) is 17.4 Å². The van der Waals surface area contributed by atoms with Crippen molar-refractivity contribution >= 4 is 22.6 Å². The minimum absolute atomic E-state index is 0.172. The van der Waals surface area contributed by atoms with Crippen molar-refractivity contribution in [3.8, 4) is 0 Å². The Bertz CT molecular complexity index is 776. The average Bonchev–Trinajstić information content (AvgIpc) is 2.83. The summed E-state index contributed by atoms with van der Waals surface area (Å²) in [5.41, 5.74) is 2.34. The van der Waals surface area contributed by atoms with Gasteiger partial charge in [-0.05, 0) is 49.4 Å². The van der Waals surface area contributed by atoms with Crippen LogP contribution >= 0.6 is 11.6 Å². The van der Waals surface area contributed by atoms with Gasteiger partial charge >= 0.3 is 0 Å². The molecule has 0 saturated heterocycles. The fourth-order valence-corrected chi connectivity index (χ4v) is 2.89. The Hall–Kier alpha value is -1.84. The maximum absolute atomic E-state index is 13.8. The molecule has 0 amide bonds. The van der Waals surface area contributed by atoms with E-state index in [1.54, 1.807) is 6.07 Å². The molecule has 0 fully saturated rings. The van der Waals surface area contributed by atoms with Gasteiger partial charge in [0.25, 0.3) is 0 Å². The zero-order valence-electron chi connectivity index (χ0n) is 11.8. The largest absolute Gasteiger partial charge is 0.456 e. The van der Waals surface area contributed by atoms with E-state index in [0.29, 0.717) is 10.8 Å². The molecular weight excluding hydrogens is 289 g/mol. The van der Waals surface area contributed by atoms with Gasteiger partial charge in [-0.25, -0.2) is 4.39 Å². The summed E-state index contributed by atoms with van der Waals surface area (Å²) < 4.78 is 19.5. The average molecular weight is 304 g/mol. The van der Waals surface area contributed by atoms with Crippen LogP contribution < -0.4 is 5.32 Å². The van der Waals surface area contributed by atoms with Gasteiger partial charge in [-0.1, -0.05) is 29.8 Å². The Morgan fingerprint density at radius 3 is 2.67 bits per heavy atom. The van der Waals surface area contributed by atoms with Crippen molar-refractivity contribution in [2.24, 2.45) is 0 Å². The number of rotatable bonds is 3. The Morgan fingerprint density at radius 1 is 1.19 bits per heavy atom. The first-order valence-electron chi connectivity index (χ1n) is 6.71. The van der Waals surface area contributed by atoms with Crippen LogP contribution in [0.15, 0.2) is 46.9 Å². The van der Waals surface area contributed by atoms with Crippen LogP contribution in [0.2, 0.25) is 5.02 Å². The smallest absolute Gasteiger partial charge is 0.169 e. The van der Waals surface area contributed by atoms with E-state index in [9.17, 15) is 4.39 Å². The lowest BCUT2D eigenvalue weighted by Gasteiger charge is -2.15. The molecule has 2 nitrogen and oxygen atoms in total. The number of hydrogen-bond donors (Lipinski definition) is 1. The normalized spacial score (nSPS) is 12.8. The number of halogens is 2. The molecule has 3 aromatic rings. The molecule has 1 atom stereocenters. The molecular formula is C17H15ClFNO. The molecule has 1 N–H and O–H groups in total. The van der Waals surface area contributed by atoms with Crippen LogP contribution in [0.4, 0.5) is 4.39 Å². The summed E-state index contributed by atoms with van der Waals surface area (Å²) >= 11 is 6.12. The van der Waals surface area contributed by atoms with Gasteiger partial charge in [0.2, 0.25) is 0 Å². The van der Waals surface area contributed by atoms with E-state index in [1.807, 2.05) is 44.3 Å². The quantitative estimate of drug-likeness (QED) is 0.749. The van der Waals surface area contributed by atoms with E-state index in [1.165, 1.54) is 6.07 Å². The molecule has 0 bridgehead atoms. The van der Waals surface area contributed by atoms with Gasteiger partial charge in [0.1, 0.15) is 5.76 Å². The van der Waals surface area contributed by atoms with Gasteiger partial charge in [-0.2, -0.15) is 0 Å². The molecule has 1 aromatic heterocycles. The highest BCUT2D eigenvalue weighted by Crippen LogP contribution is 2.31. The summed E-state index contributed by atoms with van der Waals surface area (Å²) in [4.78, 5) is 0. The molecule has 1 unspecified atom stereocenters. The zero-order valence-corrected chi connectivity index (χ0v) is 12.5. The van der Waals surface area contributed by atoms with Gasteiger partial charge in [0, 0.05) is 10.4 Å². The number of aryl methyl sites for hydroxylation is 1. The van der Waals surface area contributed by atoms with Crippen LogP contribution in [-0.2, 0) is 0 Å². The van der Waals surface area contributed by atoms with E-state index in [2.05, 4.69) is 5.32 Å². The lowest BCUT2D eigenvalue weighted by Crippen LogP contribution is -2.17. The summed E-state index contributed by atoms with van der Waals surface area (Å²) in [7, 11) is 1.84. The van der Waals surface area contributed by atoms with Crippen LogP contribution in [0, 0.1) is 12.7 Å². The minimum atomic E-state index is -0.351. The Morgan fingerprint density at radius 2 is 2.00 bits per heavy atom. The lowest BCUT2D eigenvalue weighted by molar-refractivity contribution is 0.476. The number of para-hydroxylation sites is 1. The van der Waals surface area contributed by atoms with E-state index in [4.69, 9.17) is 16.0 Å². The predicted octanol–water partition coefficient (Wildman–Crippen LogP) is 4.84. The first-order valence-corrected chi connectivity index (χ1v) is 7.08. The molecule has 21 heavy (non-hydrogen) atoms. The lowest BCUT2D eigenvalue weighted by atomic mass is 10.0. The van der Waals surface area contributed by atoms with E-state index >= 15 is 0 Å². The maximum atomic E-state index is 13.8. The number of benzene rings is 2. The van der Waals surface area contributed by atoms with Crippen molar-refractivity contribution in [3.63, 3.8) is 0 Å². The summed E-state index contributed by atoms with van der Waals surface area (Å²) in [6.45, 7) is 1.99. The fraction of sp³-hybridized carbons (Fsp3) is 0.176. The second-order valence-electron chi connectivity index (χ2n) is 5.09. The first kappa shape index (κ1) is 14.1. The van der Waals surface area contributed by atoms with Crippen molar-refractivity contribution in [1.29, 1.82) is 0 Å². The Balaban J connectivity index is 2.11. The molecule has 0 aliphatic heterocycles. The molecule has 0 aliphatic carbocycles. The number of hydrogen-bond acceptors (Lipinski definition) is 2. The van der Waals surface area contributed by atoms with Crippen molar-refractivity contribution in [2.75, 3.05) is 7.05 Å². The molecule has 4 heteroatoms. The third-order valence-electron chi connectivity index (χ3n) is 3.49. The molecule has 0 spiro atoms. The van der Waals surface area contributed by atoms with Crippen molar-refractivity contribution in [2.45, 2.75) is 13.0 Å². The maximum Gasteiger partial charge on any atom is 0.169 e. The van der Waals surface area contributed by atoms with Crippen LogP contribution in [0.25, 0.3) is 11.0 Å². The molecule has 0 radical (unpaired) electrons. The van der Waals surface area contributed by atoms with E-state index in [0.717, 1.165) is 16.5 Å². The monoisotopic (exact) mass is 303 g/mol. The summed E-state index contributed by atoms with van der Waals surface area (Å²) in [6.07, 6.45) is 0. The van der Waals surface area contributed by atoms with Gasteiger partial charge < -0.3 is 9.73 Å². The highest BCUT2D eigenvalue weighted by molar-refractivity contribution is 6.30. The summed E-state index contributed by atoms with van der Waals surface area (Å²) in [5.74, 6) is 0.315. The Labute approximate surface area is 127 Å². The van der Waals surface area contributed by atoms with Gasteiger partial charge in [0.05, 0.1) is 6.04 Å². The Kier molecular flexibility index (Phi) is 3.70. The fourth-order valence-electron chi connectivity index (χ4n) is 2.59. The standard InChI is InChI=1S/C17H15ClFNO/c1-10-6-12(8-13(18)7-10)16(20-2)15-9-11-4-3-5-14(19)17(11)21-15/h3-9,16,20H,1-2H3. The highest BCUT2D eigenvalue weighted by Gasteiger charge is 2.18. The summed E-state index contributed by atoms with van der Waals surface area (Å²) in [5, 5.41) is 4.62. The third-order valence-corrected chi connectivity index (χ3v) is 3.70. The third kappa shape index (κ3) is 2.67. The first-order chi connectivity index (χ1) is 10.1. The second kappa shape index (κ2) is 5.51. The van der Waals surface area contributed by atoms with Crippen LogP contribution in [0.1, 0.15) is 22.9 Å². The SMILES string of the molecule is CNC(c1cc(C)cc(Cl)c1)c1cc2cccc(F)c2o1. The highest BCUT2D eigenvalue weighted by atomic mass is 35.5. The number of nitrogens with one attached hydrogen (secondary N) is 1. The molecule has 1 heterocycles. The zero-order chi connectivity index (χ0) is 15.0.